The number of para-hydroxylation sites is 1. The van der Waals surface area contributed by atoms with E-state index in [2.05, 4.69) is 6.07 Å². The third kappa shape index (κ3) is 4.02. The first-order chi connectivity index (χ1) is 17.6. The number of fused-ring (bicyclic) bond motifs is 3. The van der Waals surface area contributed by atoms with Crippen molar-refractivity contribution in [3.8, 4) is 34.5 Å². The summed E-state index contributed by atoms with van der Waals surface area (Å²) in [5.74, 6) is 3.85. The number of nitrogens with zero attached hydrogens (tertiary/aromatic N) is 2. The molecule has 8 nitrogen and oxygen atoms in total. The highest BCUT2D eigenvalue weighted by molar-refractivity contribution is 6.02. The molecule has 0 radical (unpaired) electrons. The summed E-state index contributed by atoms with van der Waals surface area (Å²) in [7, 11) is 6.43. The van der Waals surface area contributed by atoms with E-state index in [0.29, 0.717) is 35.4 Å². The third-order valence-corrected chi connectivity index (χ3v) is 6.47. The van der Waals surface area contributed by atoms with Crippen molar-refractivity contribution in [2.75, 3.05) is 35.0 Å². The molecule has 5 rings (SSSR count). The van der Waals surface area contributed by atoms with Gasteiger partial charge in [-0.15, -0.1) is 0 Å². The standard InChI is InChI=1S/C28H30N2O6/c1-6-35-19-12-10-17(11-13-19)21-16-22-20-8-7-9-23(31-2)26(20)36-28(30(22)29-21)18-14-24(32-3)27(34-5)25(15-18)33-4/h7-15,22,28H,6,16H2,1-5H3. The van der Waals surface area contributed by atoms with Crippen LogP contribution in [0.25, 0.3) is 0 Å². The highest BCUT2D eigenvalue weighted by Crippen LogP contribution is 2.52. The van der Waals surface area contributed by atoms with Crippen LogP contribution in [0.15, 0.2) is 59.7 Å². The molecule has 188 valence electrons. The van der Waals surface area contributed by atoms with Crippen LogP contribution in [-0.2, 0) is 0 Å². The van der Waals surface area contributed by atoms with Gasteiger partial charge in [0.1, 0.15) is 5.75 Å². The second-order valence-corrected chi connectivity index (χ2v) is 8.41. The number of rotatable bonds is 8. The Kier molecular flexibility index (Phi) is 6.50. The lowest BCUT2D eigenvalue weighted by atomic mass is 9.95. The van der Waals surface area contributed by atoms with Crippen LogP contribution in [-0.4, -0.2) is 45.8 Å². The molecule has 2 atom stereocenters. The summed E-state index contributed by atoms with van der Waals surface area (Å²) >= 11 is 0. The van der Waals surface area contributed by atoms with Crippen LogP contribution in [0.5, 0.6) is 34.5 Å². The molecule has 3 aromatic rings. The molecule has 0 aliphatic carbocycles. The summed E-state index contributed by atoms with van der Waals surface area (Å²) in [6, 6.07) is 17.8. The molecule has 0 saturated carbocycles. The van der Waals surface area contributed by atoms with Gasteiger partial charge in [-0.05, 0) is 55.0 Å². The average Bonchev–Trinajstić information content (AvgIpc) is 3.37. The monoisotopic (exact) mass is 490 g/mol. The summed E-state index contributed by atoms with van der Waals surface area (Å²) in [6.07, 6.45) is 0.186. The number of benzene rings is 3. The third-order valence-electron chi connectivity index (χ3n) is 6.47. The summed E-state index contributed by atoms with van der Waals surface area (Å²) in [4.78, 5) is 0. The van der Waals surface area contributed by atoms with Gasteiger partial charge in [0, 0.05) is 17.5 Å². The summed E-state index contributed by atoms with van der Waals surface area (Å²) < 4.78 is 34.6. The number of hydrazone groups is 1. The van der Waals surface area contributed by atoms with Crippen molar-refractivity contribution in [2.45, 2.75) is 25.6 Å². The highest BCUT2D eigenvalue weighted by Gasteiger charge is 2.42. The van der Waals surface area contributed by atoms with Crippen LogP contribution in [0.3, 0.4) is 0 Å². The van der Waals surface area contributed by atoms with Gasteiger partial charge < -0.3 is 28.4 Å². The van der Waals surface area contributed by atoms with Crippen LogP contribution in [0.4, 0.5) is 0 Å². The van der Waals surface area contributed by atoms with Gasteiger partial charge in [-0.1, -0.05) is 12.1 Å². The fraction of sp³-hybridized carbons (Fsp3) is 0.321. The molecule has 3 aromatic carbocycles. The van der Waals surface area contributed by atoms with Crippen molar-refractivity contribution < 1.29 is 28.4 Å². The molecular weight excluding hydrogens is 460 g/mol. The molecule has 2 aliphatic rings. The molecule has 0 aromatic heterocycles. The molecule has 0 spiro atoms. The Balaban J connectivity index is 1.61. The zero-order chi connectivity index (χ0) is 25.2. The van der Waals surface area contributed by atoms with Gasteiger partial charge in [-0.25, -0.2) is 5.01 Å². The molecule has 0 bridgehead atoms. The number of methoxy groups -OCH3 is 4. The first-order valence-corrected chi connectivity index (χ1v) is 11.8. The van der Waals surface area contributed by atoms with E-state index in [-0.39, 0.29) is 6.04 Å². The summed E-state index contributed by atoms with van der Waals surface area (Å²) in [6.45, 7) is 2.60. The Morgan fingerprint density at radius 1 is 0.889 bits per heavy atom. The lowest BCUT2D eigenvalue weighted by molar-refractivity contribution is -0.0211. The quantitative estimate of drug-likeness (QED) is 0.421. The zero-order valence-corrected chi connectivity index (χ0v) is 21.1. The van der Waals surface area contributed by atoms with Gasteiger partial charge in [0.25, 0.3) is 0 Å². The van der Waals surface area contributed by atoms with Crippen molar-refractivity contribution in [1.29, 1.82) is 0 Å². The lowest BCUT2D eigenvalue weighted by Gasteiger charge is -2.38. The van der Waals surface area contributed by atoms with Crippen molar-refractivity contribution in [1.82, 2.24) is 5.01 Å². The van der Waals surface area contributed by atoms with Crippen molar-refractivity contribution in [3.05, 3.63) is 71.3 Å². The van der Waals surface area contributed by atoms with Crippen LogP contribution < -0.4 is 28.4 Å². The summed E-state index contributed by atoms with van der Waals surface area (Å²) in [5.41, 5.74) is 3.87. The van der Waals surface area contributed by atoms with Crippen molar-refractivity contribution >= 4 is 5.71 Å². The predicted molar refractivity (Wildman–Crippen MR) is 136 cm³/mol. The molecule has 0 amide bonds. The zero-order valence-electron chi connectivity index (χ0n) is 21.1. The minimum atomic E-state index is -0.535. The maximum Gasteiger partial charge on any atom is 0.214 e. The Hall–Kier alpha value is -4.07. The maximum absolute atomic E-state index is 6.58. The Labute approximate surface area is 210 Å². The average molecular weight is 491 g/mol. The normalized spacial score (nSPS) is 17.9. The van der Waals surface area contributed by atoms with Gasteiger partial charge in [-0.2, -0.15) is 5.10 Å². The fourth-order valence-electron chi connectivity index (χ4n) is 4.79. The second-order valence-electron chi connectivity index (χ2n) is 8.41. The maximum atomic E-state index is 6.58. The van der Waals surface area contributed by atoms with Crippen LogP contribution in [0.2, 0.25) is 0 Å². The van der Waals surface area contributed by atoms with E-state index >= 15 is 0 Å². The van der Waals surface area contributed by atoms with E-state index < -0.39 is 6.23 Å². The topological polar surface area (TPSA) is 71.0 Å². The second kappa shape index (κ2) is 9.89. The van der Waals surface area contributed by atoms with Gasteiger partial charge in [0.2, 0.25) is 12.0 Å². The van der Waals surface area contributed by atoms with Crippen molar-refractivity contribution in [2.24, 2.45) is 5.10 Å². The largest absolute Gasteiger partial charge is 0.494 e. The molecule has 2 aliphatic heterocycles. The van der Waals surface area contributed by atoms with Crippen molar-refractivity contribution in [3.63, 3.8) is 0 Å². The van der Waals surface area contributed by atoms with E-state index in [9.17, 15) is 0 Å². The first kappa shape index (κ1) is 23.7. The number of hydrogen-bond acceptors (Lipinski definition) is 8. The lowest BCUT2D eigenvalue weighted by Crippen LogP contribution is -2.34. The van der Waals surface area contributed by atoms with Crippen LogP contribution in [0.1, 0.15) is 42.3 Å². The smallest absolute Gasteiger partial charge is 0.214 e. The molecular formula is C28H30N2O6. The summed E-state index contributed by atoms with van der Waals surface area (Å²) in [5, 5.41) is 7.06. The van der Waals surface area contributed by atoms with Crippen LogP contribution in [0, 0.1) is 0 Å². The van der Waals surface area contributed by atoms with Gasteiger partial charge in [0.05, 0.1) is 46.8 Å². The van der Waals surface area contributed by atoms with E-state index in [1.54, 1.807) is 28.4 Å². The molecule has 0 saturated heterocycles. The van der Waals surface area contributed by atoms with E-state index in [4.69, 9.17) is 33.5 Å². The molecule has 36 heavy (non-hydrogen) atoms. The predicted octanol–water partition coefficient (Wildman–Crippen LogP) is 5.36. The van der Waals surface area contributed by atoms with E-state index in [1.807, 2.05) is 60.5 Å². The minimum absolute atomic E-state index is 0.0329. The van der Waals surface area contributed by atoms with Gasteiger partial charge >= 0.3 is 0 Å². The Bertz CT molecular complexity index is 1250. The van der Waals surface area contributed by atoms with Gasteiger partial charge in [0.15, 0.2) is 23.0 Å². The molecule has 0 fully saturated rings. The molecule has 0 N–H and O–H groups in total. The van der Waals surface area contributed by atoms with Crippen LogP contribution >= 0.6 is 0 Å². The van der Waals surface area contributed by atoms with E-state index in [1.165, 1.54) is 0 Å². The Morgan fingerprint density at radius 3 is 2.19 bits per heavy atom. The minimum Gasteiger partial charge on any atom is -0.494 e. The Morgan fingerprint density at radius 2 is 1.58 bits per heavy atom. The highest BCUT2D eigenvalue weighted by atomic mass is 16.5. The molecule has 2 heterocycles. The first-order valence-electron chi connectivity index (χ1n) is 11.8. The fourth-order valence-corrected chi connectivity index (χ4v) is 4.79. The number of hydrogen-bond donors (Lipinski definition) is 0. The van der Waals surface area contributed by atoms with Gasteiger partial charge in [-0.3, -0.25) is 0 Å². The molecule has 8 heteroatoms. The molecule has 2 unspecified atom stereocenters. The van der Waals surface area contributed by atoms with E-state index in [0.717, 1.165) is 34.6 Å². The SMILES string of the molecule is CCOc1ccc(C2=NN3C(C2)c2cccc(OC)c2OC3c2cc(OC)c(OC)c(OC)c2)cc1. The number of ether oxygens (including phenoxy) is 6.